The quantitative estimate of drug-likeness (QED) is 0.652. The van der Waals surface area contributed by atoms with Crippen LogP contribution in [0.25, 0.3) is 5.57 Å². The molecule has 2 aromatic carbocycles. The Morgan fingerprint density at radius 3 is 2.68 bits per heavy atom. The van der Waals surface area contributed by atoms with Crippen molar-refractivity contribution in [1.29, 1.82) is 0 Å². The maximum Gasteiger partial charge on any atom is 0.257 e. The molecule has 5 heteroatoms. The number of fused-ring (bicyclic) bond motifs is 1. The summed E-state index contributed by atoms with van der Waals surface area (Å²) in [5.41, 5.74) is 6.78. The second-order valence-electron chi connectivity index (χ2n) is 6.92. The van der Waals surface area contributed by atoms with Crippen LogP contribution in [0.3, 0.4) is 0 Å². The molecule has 0 fully saturated rings. The third-order valence-electron chi connectivity index (χ3n) is 4.87. The van der Waals surface area contributed by atoms with Gasteiger partial charge in [0.15, 0.2) is 0 Å². The largest absolute Gasteiger partial charge is 0.370 e. The normalized spacial score (nSPS) is 13.9. The molecule has 4 rings (SSSR count). The van der Waals surface area contributed by atoms with Crippen LogP contribution in [0, 0.1) is 6.92 Å². The van der Waals surface area contributed by atoms with Crippen LogP contribution in [0.15, 0.2) is 73.2 Å². The number of benzene rings is 2. The van der Waals surface area contributed by atoms with Crippen molar-refractivity contribution < 1.29 is 4.79 Å². The lowest BCUT2D eigenvalue weighted by Crippen LogP contribution is -2.16. The SMILES string of the molecule is Cc1cccc2c1C(=CNc1ccc(N(C)Cc3cccnc3)cc1)C(=O)N2. The molecule has 140 valence electrons. The predicted octanol–water partition coefficient (Wildman–Crippen LogP) is 4.43. The van der Waals surface area contributed by atoms with Gasteiger partial charge in [-0.2, -0.15) is 0 Å². The fraction of sp³-hybridized carbons (Fsp3) is 0.130. The fourth-order valence-corrected chi connectivity index (χ4v) is 3.39. The highest BCUT2D eigenvalue weighted by Crippen LogP contribution is 2.34. The van der Waals surface area contributed by atoms with Crippen molar-refractivity contribution in [1.82, 2.24) is 4.98 Å². The smallest absolute Gasteiger partial charge is 0.257 e. The van der Waals surface area contributed by atoms with Crippen LogP contribution in [0.4, 0.5) is 17.1 Å². The zero-order chi connectivity index (χ0) is 19.5. The van der Waals surface area contributed by atoms with Crippen LogP contribution >= 0.6 is 0 Å². The average Bonchev–Trinajstić information content (AvgIpc) is 3.04. The summed E-state index contributed by atoms with van der Waals surface area (Å²) in [6, 6.07) is 18.0. The summed E-state index contributed by atoms with van der Waals surface area (Å²) in [4.78, 5) is 18.6. The second kappa shape index (κ2) is 7.56. The number of hydrogen-bond donors (Lipinski definition) is 2. The molecule has 0 spiro atoms. The summed E-state index contributed by atoms with van der Waals surface area (Å²) in [5, 5.41) is 6.16. The Labute approximate surface area is 164 Å². The lowest BCUT2D eigenvalue weighted by atomic mass is 10.0. The Bertz CT molecular complexity index is 1030. The van der Waals surface area contributed by atoms with Gasteiger partial charge < -0.3 is 15.5 Å². The highest BCUT2D eigenvalue weighted by Gasteiger charge is 2.25. The molecule has 0 unspecified atom stereocenters. The summed E-state index contributed by atoms with van der Waals surface area (Å²) < 4.78 is 0. The molecule has 0 radical (unpaired) electrons. The number of nitrogens with zero attached hydrogens (tertiary/aromatic N) is 2. The zero-order valence-electron chi connectivity index (χ0n) is 15.9. The van der Waals surface area contributed by atoms with Gasteiger partial charge >= 0.3 is 0 Å². The molecule has 0 aliphatic carbocycles. The van der Waals surface area contributed by atoms with Gasteiger partial charge in [-0.15, -0.1) is 0 Å². The van der Waals surface area contributed by atoms with E-state index in [1.54, 1.807) is 12.4 Å². The molecule has 1 aromatic heterocycles. The molecule has 1 amide bonds. The number of hydrogen-bond acceptors (Lipinski definition) is 4. The number of carbonyl (C=O) groups excluding carboxylic acids is 1. The molecule has 28 heavy (non-hydrogen) atoms. The van der Waals surface area contributed by atoms with Crippen molar-refractivity contribution >= 4 is 28.5 Å². The monoisotopic (exact) mass is 370 g/mol. The van der Waals surface area contributed by atoms with Gasteiger partial charge in [-0.05, 0) is 54.4 Å². The Kier molecular flexibility index (Phi) is 4.81. The maximum atomic E-state index is 12.3. The molecule has 0 atom stereocenters. The number of nitrogens with one attached hydrogen (secondary N) is 2. The van der Waals surface area contributed by atoms with E-state index in [4.69, 9.17) is 0 Å². The van der Waals surface area contributed by atoms with Gasteiger partial charge in [0.1, 0.15) is 0 Å². The first-order valence-corrected chi connectivity index (χ1v) is 9.20. The number of carbonyl (C=O) groups is 1. The summed E-state index contributed by atoms with van der Waals surface area (Å²) >= 11 is 0. The topological polar surface area (TPSA) is 57.3 Å². The minimum Gasteiger partial charge on any atom is -0.370 e. The summed E-state index contributed by atoms with van der Waals surface area (Å²) in [6.07, 6.45) is 5.44. The molecule has 2 heterocycles. The molecule has 1 aliphatic heterocycles. The first-order chi connectivity index (χ1) is 13.6. The van der Waals surface area contributed by atoms with E-state index in [2.05, 4.69) is 45.8 Å². The Balaban J connectivity index is 1.47. The zero-order valence-corrected chi connectivity index (χ0v) is 15.9. The number of rotatable bonds is 5. The summed E-state index contributed by atoms with van der Waals surface area (Å²) in [6.45, 7) is 2.81. The summed E-state index contributed by atoms with van der Waals surface area (Å²) in [7, 11) is 2.06. The number of aryl methyl sites for hydroxylation is 1. The van der Waals surface area contributed by atoms with Crippen LogP contribution in [-0.4, -0.2) is 17.9 Å². The van der Waals surface area contributed by atoms with Crippen LogP contribution in [-0.2, 0) is 11.3 Å². The molecule has 0 saturated heterocycles. The lowest BCUT2D eigenvalue weighted by Gasteiger charge is -2.19. The van der Waals surface area contributed by atoms with E-state index in [0.29, 0.717) is 5.57 Å². The van der Waals surface area contributed by atoms with Gasteiger partial charge in [-0.1, -0.05) is 18.2 Å². The highest BCUT2D eigenvalue weighted by molar-refractivity contribution is 6.32. The average molecular weight is 370 g/mol. The molecule has 0 saturated carbocycles. The molecule has 5 nitrogen and oxygen atoms in total. The second-order valence-corrected chi connectivity index (χ2v) is 6.92. The molecule has 3 aromatic rings. The van der Waals surface area contributed by atoms with Crippen molar-refractivity contribution in [3.8, 4) is 0 Å². The van der Waals surface area contributed by atoms with E-state index < -0.39 is 0 Å². The van der Waals surface area contributed by atoms with Crippen molar-refractivity contribution in [3.63, 3.8) is 0 Å². The fourth-order valence-electron chi connectivity index (χ4n) is 3.39. The Morgan fingerprint density at radius 2 is 1.93 bits per heavy atom. The molecule has 1 aliphatic rings. The van der Waals surface area contributed by atoms with Crippen molar-refractivity contribution in [2.75, 3.05) is 22.6 Å². The number of aromatic nitrogens is 1. The minimum atomic E-state index is -0.0791. The Morgan fingerprint density at radius 1 is 1.11 bits per heavy atom. The molecular formula is C23H22N4O. The predicted molar refractivity (Wildman–Crippen MR) is 114 cm³/mol. The van der Waals surface area contributed by atoms with E-state index in [-0.39, 0.29) is 5.91 Å². The first kappa shape index (κ1) is 17.8. The van der Waals surface area contributed by atoms with Crippen LogP contribution in [0.2, 0.25) is 0 Å². The highest BCUT2D eigenvalue weighted by atomic mass is 16.2. The molecule has 2 N–H and O–H groups in total. The van der Waals surface area contributed by atoms with Gasteiger partial charge in [-0.25, -0.2) is 0 Å². The van der Waals surface area contributed by atoms with Gasteiger partial charge in [0.25, 0.3) is 5.91 Å². The third kappa shape index (κ3) is 3.60. The van der Waals surface area contributed by atoms with Gasteiger partial charge in [0, 0.05) is 54.8 Å². The van der Waals surface area contributed by atoms with E-state index in [9.17, 15) is 4.79 Å². The minimum absolute atomic E-state index is 0.0791. The standard InChI is InChI=1S/C23H22N4O/c1-16-5-3-7-21-22(16)20(23(28)26-21)14-25-18-8-10-19(11-9-18)27(2)15-17-6-4-12-24-13-17/h3-14,25H,15H2,1-2H3,(H,26,28). The van der Waals surface area contributed by atoms with E-state index in [1.807, 2.05) is 49.5 Å². The van der Waals surface area contributed by atoms with Crippen LogP contribution in [0.1, 0.15) is 16.7 Å². The summed E-state index contributed by atoms with van der Waals surface area (Å²) in [5.74, 6) is -0.0791. The Hall–Kier alpha value is -3.60. The number of amides is 1. The van der Waals surface area contributed by atoms with Gasteiger partial charge in [-0.3, -0.25) is 9.78 Å². The van der Waals surface area contributed by atoms with Crippen molar-refractivity contribution in [3.05, 3.63) is 89.9 Å². The molecule has 0 bridgehead atoms. The van der Waals surface area contributed by atoms with Gasteiger partial charge in [0.2, 0.25) is 0 Å². The van der Waals surface area contributed by atoms with E-state index in [1.165, 1.54) is 5.56 Å². The van der Waals surface area contributed by atoms with E-state index in [0.717, 1.165) is 34.7 Å². The van der Waals surface area contributed by atoms with E-state index >= 15 is 0 Å². The van der Waals surface area contributed by atoms with Crippen molar-refractivity contribution in [2.45, 2.75) is 13.5 Å². The maximum absolute atomic E-state index is 12.3. The van der Waals surface area contributed by atoms with Crippen molar-refractivity contribution in [2.24, 2.45) is 0 Å². The third-order valence-corrected chi connectivity index (χ3v) is 4.87. The molecular weight excluding hydrogens is 348 g/mol. The number of pyridine rings is 1. The van der Waals surface area contributed by atoms with Gasteiger partial charge in [0.05, 0.1) is 5.57 Å². The first-order valence-electron chi connectivity index (χ1n) is 9.20. The van der Waals surface area contributed by atoms with Crippen LogP contribution in [0.5, 0.6) is 0 Å². The van der Waals surface area contributed by atoms with Crippen LogP contribution < -0.4 is 15.5 Å². The number of anilines is 3. The lowest BCUT2D eigenvalue weighted by molar-refractivity contribution is -0.110.